The lowest BCUT2D eigenvalue weighted by Crippen LogP contribution is -2.35. The van der Waals surface area contributed by atoms with Crippen molar-refractivity contribution in [1.82, 2.24) is 15.1 Å². The van der Waals surface area contributed by atoms with Gasteiger partial charge in [0, 0.05) is 31.1 Å². The van der Waals surface area contributed by atoms with Crippen LogP contribution in [0.2, 0.25) is 0 Å². The van der Waals surface area contributed by atoms with Crippen LogP contribution in [0.5, 0.6) is 0 Å². The number of fused-ring (bicyclic) bond motifs is 1. The lowest BCUT2D eigenvalue weighted by molar-refractivity contribution is 0.0765. The molecule has 0 saturated heterocycles. The van der Waals surface area contributed by atoms with Crippen molar-refractivity contribution in [3.05, 3.63) is 41.6 Å². The molecule has 0 saturated carbocycles. The Labute approximate surface area is 117 Å². The summed E-state index contributed by atoms with van der Waals surface area (Å²) >= 11 is 0. The van der Waals surface area contributed by atoms with Gasteiger partial charge in [-0.2, -0.15) is 5.10 Å². The molecule has 1 aliphatic rings. The Hall–Kier alpha value is -2.14. The fourth-order valence-electron chi connectivity index (χ4n) is 2.46. The Kier molecular flexibility index (Phi) is 3.52. The summed E-state index contributed by atoms with van der Waals surface area (Å²) in [5.74, 6) is 0.0641. The Morgan fingerprint density at radius 2 is 2.40 bits per heavy atom. The minimum absolute atomic E-state index is 0.0641. The number of rotatable bonds is 3. The minimum atomic E-state index is 0.0641. The second-order valence-electron chi connectivity index (χ2n) is 4.97. The molecule has 20 heavy (non-hydrogen) atoms. The number of benzene rings is 1. The van der Waals surface area contributed by atoms with Crippen molar-refractivity contribution in [2.45, 2.75) is 6.42 Å². The molecule has 0 unspecified atom stereocenters. The Bertz CT molecular complexity index is 660. The van der Waals surface area contributed by atoms with E-state index in [9.17, 15) is 4.79 Å². The van der Waals surface area contributed by atoms with Crippen LogP contribution in [0.4, 0.5) is 0 Å². The highest BCUT2D eigenvalue weighted by atomic mass is 16.5. The Morgan fingerprint density at radius 3 is 3.15 bits per heavy atom. The van der Waals surface area contributed by atoms with Crippen molar-refractivity contribution in [1.29, 1.82) is 0 Å². The third kappa shape index (κ3) is 2.44. The van der Waals surface area contributed by atoms with E-state index in [0.29, 0.717) is 18.7 Å². The lowest BCUT2D eigenvalue weighted by atomic mass is 10.1. The van der Waals surface area contributed by atoms with Gasteiger partial charge in [0.25, 0.3) is 5.91 Å². The maximum atomic E-state index is 12.5. The molecule has 0 radical (unpaired) electrons. The van der Waals surface area contributed by atoms with Crippen molar-refractivity contribution in [3.8, 4) is 0 Å². The summed E-state index contributed by atoms with van der Waals surface area (Å²) in [5.41, 5.74) is 2.86. The van der Waals surface area contributed by atoms with Crippen molar-refractivity contribution >= 4 is 16.8 Å². The Morgan fingerprint density at radius 1 is 1.50 bits per heavy atom. The number of amides is 1. The van der Waals surface area contributed by atoms with Gasteiger partial charge in [0.1, 0.15) is 0 Å². The molecule has 1 aliphatic heterocycles. The van der Waals surface area contributed by atoms with E-state index >= 15 is 0 Å². The van der Waals surface area contributed by atoms with Crippen LogP contribution >= 0.6 is 0 Å². The highest BCUT2D eigenvalue weighted by molar-refractivity contribution is 5.97. The van der Waals surface area contributed by atoms with E-state index in [1.807, 2.05) is 23.1 Å². The number of carbonyl (C=O) groups excluding carboxylic acids is 1. The summed E-state index contributed by atoms with van der Waals surface area (Å²) in [5, 5.41) is 7.88. The molecular formula is C15H17N3O2. The zero-order valence-corrected chi connectivity index (χ0v) is 11.4. The van der Waals surface area contributed by atoms with Crippen molar-refractivity contribution < 1.29 is 9.53 Å². The van der Waals surface area contributed by atoms with E-state index in [0.717, 1.165) is 23.9 Å². The van der Waals surface area contributed by atoms with Gasteiger partial charge in [-0.25, -0.2) is 0 Å². The van der Waals surface area contributed by atoms with Crippen LogP contribution in [0.15, 0.2) is 36.0 Å². The van der Waals surface area contributed by atoms with Gasteiger partial charge in [-0.15, -0.1) is 0 Å². The van der Waals surface area contributed by atoms with Gasteiger partial charge in [-0.1, -0.05) is 12.1 Å². The first-order valence-electron chi connectivity index (χ1n) is 6.67. The summed E-state index contributed by atoms with van der Waals surface area (Å²) in [6.45, 7) is 2.05. The van der Waals surface area contributed by atoms with E-state index < -0.39 is 0 Å². The van der Waals surface area contributed by atoms with E-state index in [-0.39, 0.29) is 5.91 Å². The average Bonchev–Trinajstić information content (AvgIpc) is 2.95. The van der Waals surface area contributed by atoms with Gasteiger partial charge in [-0.3, -0.25) is 9.89 Å². The average molecular weight is 271 g/mol. The number of hydrogen-bond acceptors (Lipinski definition) is 3. The normalized spacial score (nSPS) is 15.4. The molecule has 0 fully saturated rings. The molecule has 3 rings (SSSR count). The van der Waals surface area contributed by atoms with Crippen LogP contribution in [0.25, 0.3) is 10.9 Å². The fourth-order valence-corrected chi connectivity index (χ4v) is 2.46. The van der Waals surface area contributed by atoms with Gasteiger partial charge in [0.05, 0.1) is 18.3 Å². The molecule has 1 aromatic heterocycles. The SMILES string of the molecule is COCC1=CCN(C(=O)c2ccc3cn[nH]c3c2)CC1. The number of nitrogens with zero attached hydrogens (tertiary/aromatic N) is 2. The summed E-state index contributed by atoms with van der Waals surface area (Å²) < 4.78 is 5.12. The number of H-pyrrole nitrogens is 1. The van der Waals surface area contributed by atoms with Gasteiger partial charge >= 0.3 is 0 Å². The first kappa shape index (κ1) is 12.9. The molecule has 1 N–H and O–H groups in total. The van der Waals surface area contributed by atoms with Crippen LogP contribution in [-0.4, -0.2) is 47.8 Å². The first-order chi connectivity index (χ1) is 9.78. The van der Waals surface area contributed by atoms with Gasteiger partial charge in [-0.05, 0) is 24.1 Å². The number of methoxy groups -OCH3 is 1. The van der Waals surface area contributed by atoms with E-state index in [4.69, 9.17) is 4.74 Å². The molecule has 104 valence electrons. The summed E-state index contributed by atoms with van der Waals surface area (Å²) in [6, 6.07) is 5.63. The minimum Gasteiger partial charge on any atom is -0.380 e. The summed E-state index contributed by atoms with van der Waals surface area (Å²) in [6.07, 6.45) is 4.72. The number of nitrogens with one attached hydrogen (secondary N) is 1. The summed E-state index contributed by atoms with van der Waals surface area (Å²) in [4.78, 5) is 14.3. The molecular weight excluding hydrogens is 254 g/mol. The van der Waals surface area contributed by atoms with E-state index in [2.05, 4.69) is 16.3 Å². The van der Waals surface area contributed by atoms with Crippen LogP contribution in [0, 0.1) is 0 Å². The molecule has 2 heterocycles. The number of hydrogen-bond donors (Lipinski definition) is 1. The van der Waals surface area contributed by atoms with Crippen LogP contribution < -0.4 is 0 Å². The van der Waals surface area contributed by atoms with Gasteiger partial charge in [0.15, 0.2) is 0 Å². The summed E-state index contributed by atoms with van der Waals surface area (Å²) in [7, 11) is 1.69. The molecule has 2 aromatic rings. The second-order valence-corrected chi connectivity index (χ2v) is 4.97. The molecule has 0 spiro atoms. The second kappa shape index (κ2) is 5.46. The molecule has 5 heteroatoms. The van der Waals surface area contributed by atoms with Gasteiger partial charge < -0.3 is 9.64 Å². The third-order valence-electron chi connectivity index (χ3n) is 3.61. The van der Waals surface area contributed by atoms with Crippen LogP contribution in [-0.2, 0) is 4.74 Å². The molecule has 1 aromatic carbocycles. The molecule has 5 nitrogen and oxygen atoms in total. The van der Waals surface area contributed by atoms with Crippen molar-refractivity contribution in [3.63, 3.8) is 0 Å². The molecule has 0 aliphatic carbocycles. The van der Waals surface area contributed by atoms with Crippen molar-refractivity contribution in [2.24, 2.45) is 0 Å². The highest BCUT2D eigenvalue weighted by Gasteiger charge is 2.18. The maximum Gasteiger partial charge on any atom is 0.254 e. The van der Waals surface area contributed by atoms with Crippen molar-refractivity contribution in [2.75, 3.05) is 26.8 Å². The molecule has 1 amide bonds. The maximum absolute atomic E-state index is 12.5. The predicted octanol–water partition coefficient (Wildman–Crippen LogP) is 1.98. The zero-order chi connectivity index (χ0) is 13.9. The smallest absolute Gasteiger partial charge is 0.254 e. The lowest BCUT2D eigenvalue weighted by Gasteiger charge is -2.26. The zero-order valence-electron chi connectivity index (χ0n) is 11.4. The largest absolute Gasteiger partial charge is 0.380 e. The topological polar surface area (TPSA) is 58.2 Å². The molecule has 0 bridgehead atoms. The quantitative estimate of drug-likeness (QED) is 0.868. The first-order valence-corrected chi connectivity index (χ1v) is 6.67. The monoisotopic (exact) mass is 271 g/mol. The fraction of sp³-hybridized carbons (Fsp3) is 0.333. The third-order valence-corrected chi connectivity index (χ3v) is 3.61. The number of aromatic nitrogens is 2. The van der Waals surface area contributed by atoms with Crippen LogP contribution in [0.3, 0.4) is 0 Å². The number of aromatic amines is 1. The standard InChI is InChI=1S/C15H17N3O2/c1-20-10-11-4-6-18(7-5-11)15(19)12-2-3-13-9-16-17-14(13)8-12/h2-4,8-9H,5-7,10H2,1H3,(H,16,17). The van der Waals surface area contributed by atoms with Gasteiger partial charge in [0.2, 0.25) is 0 Å². The van der Waals surface area contributed by atoms with E-state index in [1.54, 1.807) is 13.3 Å². The number of ether oxygens (including phenoxy) is 1. The molecule has 0 atom stereocenters. The van der Waals surface area contributed by atoms with Crippen LogP contribution in [0.1, 0.15) is 16.8 Å². The Balaban J connectivity index is 1.76. The predicted molar refractivity (Wildman–Crippen MR) is 76.6 cm³/mol. The highest BCUT2D eigenvalue weighted by Crippen LogP contribution is 2.17. The van der Waals surface area contributed by atoms with E-state index in [1.165, 1.54) is 5.57 Å². The number of carbonyl (C=O) groups is 1.